The molecule has 168 valence electrons. The van der Waals surface area contributed by atoms with E-state index in [9.17, 15) is 19.5 Å². The van der Waals surface area contributed by atoms with Crippen molar-refractivity contribution in [1.29, 1.82) is 0 Å². The zero-order chi connectivity index (χ0) is 23.0. The lowest BCUT2D eigenvalue weighted by Crippen LogP contribution is -2.45. The Bertz CT molecular complexity index is 1050. The van der Waals surface area contributed by atoms with Crippen molar-refractivity contribution in [3.63, 3.8) is 0 Å². The lowest BCUT2D eigenvalue weighted by Gasteiger charge is -2.32. The summed E-state index contributed by atoms with van der Waals surface area (Å²) >= 11 is 0. The third-order valence-corrected chi connectivity index (χ3v) is 5.97. The Morgan fingerprint density at radius 3 is 2.22 bits per heavy atom. The van der Waals surface area contributed by atoms with Crippen LogP contribution in [0, 0.1) is 0 Å². The summed E-state index contributed by atoms with van der Waals surface area (Å²) in [6, 6.07) is 12.7. The van der Waals surface area contributed by atoms with Gasteiger partial charge in [0.2, 0.25) is 0 Å². The van der Waals surface area contributed by atoms with E-state index in [-0.39, 0.29) is 0 Å². The summed E-state index contributed by atoms with van der Waals surface area (Å²) in [6.07, 6.45) is -0.118. The molecule has 1 N–H and O–H groups in total. The highest BCUT2D eigenvalue weighted by atomic mass is 16.6. The first-order valence-electron chi connectivity index (χ1n) is 10.9. The van der Waals surface area contributed by atoms with Gasteiger partial charge in [0.05, 0.1) is 6.04 Å². The maximum absolute atomic E-state index is 13.4. The van der Waals surface area contributed by atoms with Crippen LogP contribution in [0.4, 0.5) is 9.59 Å². The fourth-order valence-corrected chi connectivity index (χ4v) is 4.55. The van der Waals surface area contributed by atoms with Gasteiger partial charge in [-0.1, -0.05) is 36.4 Å². The highest BCUT2D eigenvalue weighted by Crippen LogP contribution is 2.29. The predicted molar refractivity (Wildman–Crippen MR) is 119 cm³/mol. The minimum Gasteiger partial charge on any atom is -0.465 e. The zero-order valence-corrected chi connectivity index (χ0v) is 18.6. The van der Waals surface area contributed by atoms with Crippen molar-refractivity contribution >= 4 is 18.1 Å². The Hall–Kier alpha value is -3.35. The smallest absolute Gasteiger partial charge is 0.414 e. The van der Waals surface area contributed by atoms with Crippen LogP contribution in [0.25, 0.3) is 0 Å². The summed E-state index contributed by atoms with van der Waals surface area (Å²) < 4.78 is 5.47. The van der Waals surface area contributed by atoms with E-state index in [1.165, 1.54) is 0 Å². The SMILES string of the molecule is CC(C)(C)OC(=O)N1CCc2c(cccc2C(=O)N(C(=O)O)C2Cc3ccccc3C2)C1. The molecule has 2 aliphatic rings. The summed E-state index contributed by atoms with van der Waals surface area (Å²) in [5.74, 6) is -0.502. The van der Waals surface area contributed by atoms with Gasteiger partial charge in [0.25, 0.3) is 5.91 Å². The molecule has 2 aromatic rings. The Morgan fingerprint density at radius 2 is 1.62 bits per heavy atom. The molecule has 0 spiro atoms. The quantitative estimate of drug-likeness (QED) is 0.760. The van der Waals surface area contributed by atoms with Gasteiger partial charge in [-0.2, -0.15) is 0 Å². The van der Waals surface area contributed by atoms with E-state index in [2.05, 4.69) is 0 Å². The number of imide groups is 1. The molecular weight excluding hydrogens is 408 g/mol. The number of rotatable bonds is 2. The molecule has 0 unspecified atom stereocenters. The molecule has 0 saturated heterocycles. The van der Waals surface area contributed by atoms with Gasteiger partial charge in [-0.3, -0.25) is 4.79 Å². The Morgan fingerprint density at radius 1 is 1.00 bits per heavy atom. The number of carboxylic acid groups (broad SMARTS) is 1. The second kappa shape index (κ2) is 8.30. The molecule has 0 fully saturated rings. The van der Waals surface area contributed by atoms with Crippen molar-refractivity contribution in [1.82, 2.24) is 9.80 Å². The van der Waals surface area contributed by atoms with Crippen molar-refractivity contribution in [2.45, 2.75) is 58.2 Å². The largest absolute Gasteiger partial charge is 0.465 e. The second-order valence-corrected chi connectivity index (χ2v) is 9.38. The third kappa shape index (κ3) is 4.33. The molecular formula is C25H28N2O5. The Balaban J connectivity index is 1.57. The first-order valence-corrected chi connectivity index (χ1v) is 10.9. The van der Waals surface area contributed by atoms with Gasteiger partial charge < -0.3 is 14.7 Å². The molecule has 0 atom stereocenters. The van der Waals surface area contributed by atoms with E-state index in [4.69, 9.17) is 4.74 Å². The highest BCUT2D eigenvalue weighted by Gasteiger charge is 2.36. The molecule has 1 heterocycles. The van der Waals surface area contributed by atoms with Crippen molar-refractivity contribution in [3.8, 4) is 0 Å². The normalized spacial score (nSPS) is 15.7. The second-order valence-electron chi connectivity index (χ2n) is 9.38. The van der Waals surface area contributed by atoms with Crippen LogP contribution in [0.3, 0.4) is 0 Å². The lowest BCUT2D eigenvalue weighted by molar-refractivity contribution is 0.0224. The molecule has 2 aromatic carbocycles. The summed E-state index contributed by atoms with van der Waals surface area (Å²) in [4.78, 5) is 40.6. The molecule has 1 aliphatic carbocycles. The molecule has 7 nitrogen and oxygen atoms in total. The predicted octanol–water partition coefficient (Wildman–Crippen LogP) is 4.27. The number of nitrogens with zero attached hydrogens (tertiary/aromatic N) is 2. The highest BCUT2D eigenvalue weighted by molar-refractivity contribution is 6.04. The summed E-state index contributed by atoms with van der Waals surface area (Å²) in [7, 11) is 0. The molecule has 3 amide bonds. The monoisotopic (exact) mass is 436 g/mol. The zero-order valence-electron chi connectivity index (χ0n) is 18.6. The van der Waals surface area contributed by atoms with Gasteiger partial charge >= 0.3 is 12.2 Å². The van der Waals surface area contributed by atoms with Crippen LogP contribution in [-0.4, -0.2) is 51.2 Å². The van der Waals surface area contributed by atoms with Crippen LogP contribution in [-0.2, 0) is 30.5 Å². The molecule has 0 bridgehead atoms. The number of ether oxygens (including phenoxy) is 1. The van der Waals surface area contributed by atoms with E-state index >= 15 is 0 Å². The Labute approximate surface area is 187 Å². The average Bonchev–Trinajstić information content (AvgIpc) is 3.14. The summed E-state index contributed by atoms with van der Waals surface area (Å²) in [6.45, 7) is 6.20. The minimum atomic E-state index is -1.24. The fourth-order valence-electron chi connectivity index (χ4n) is 4.55. The lowest BCUT2D eigenvalue weighted by atomic mass is 9.93. The van der Waals surface area contributed by atoms with Crippen molar-refractivity contribution in [2.24, 2.45) is 0 Å². The molecule has 32 heavy (non-hydrogen) atoms. The van der Waals surface area contributed by atoms with Crippen LogP contribution in [0.5, 0.6) is 0 Å². The first-order chi connectivity index (χ1) is 15.1. The van der Waals surface area contributed by atoms with E-state index in [1.807, 2.05) is 51.1 Å². The number of hydrogen-bond acceptors (Lipinski definition) is 4. The van der Waals surface area contributed by atoms with Crippen LogP contribution in [0.2, 0.25) is 0 Å². The van der Waals surface area contributed by atoms with Gasteiger partial charge in [-0.25, -0.2) is 14.5 Å². The van der Waals surface area contributed by atoms with Gasteiger partial charge in [-0.15, -0.1) is 0 Å². The maximum atomic E-state index is 13.4. The third-order valence-electron chi connectivity index (χ3n) is 5.97. The minimum absolute atomic E-state index is 0.327. The Kier molecular flexibility index (Phi) is 5.67. The number of carbonyl (C=O) groups is 3. The molecule has 0 aromatic heterocycles. The van der Waals surface area contributed by atoms with Crippen LogP contribution < -0.4 is 0 Å². The van der Waals surface area contributed by atoms with Crippen LogP contribution >= 0.6 is 0 Å². The van der Waals surface area contributed by atoms with Gasteiger partial charge in [0, 0.05) is 18.7 Å². The fraction of sp³-hybridized carbons (Fsp3) is 0.400. The summed E-state index contributed by atoms with van der Waals surface area (Å²) in [5.41, 5.74) is 3.62. The molecule has 0 saturated carbocycles. The van der Waals surface area contributed by atoms with Gasteiger partial charge in [-0.05, 0) is 68.4 Å². The van der Waals surface area contributed by atoms with E-state index in [1.54, 1.807) is 17.0 Å². The molecule has 0 radical (unpaired) electrons. The number of carbonyl (C=O) groups excluding carboxylic acids is 2. The number of hydrogen-bond donors (Lipinski definition) is 1. The van der Waals surface area contributed by atoms with E-state index in [0.29, 0.717) is 37.9 Å². The number of benzene rings is 2. The van der Waals surface area contributed by atoms with Crippen molar-refractivity contribution in [3.05, 3.63) is 70.3 Å². The summed E-state index contributed by atoms with van der Waals surface area (Å²) in [5, 5.41) is 9.91. The molecule has 4 rings (SSSR count). The number of fused-ring (bicyclic) bond motifs is 2. The van der Waals surface area contributed by atoms with Crippen LogP contribution in [0.15, 0.2) is 42.5 Å². The molecule has 1 aliphatic heterocycles. The van der Waals surface area contributed by atoms with E-state index in [0.717, 1.165) is 27.2 Å². The first kappa shape index (κ1) is 21.9. The number of amides is 3. The topological polar surface area (TPSA) is 87.2 Å². The van der Waals surface area contributed by atoms with Crippen molar-refractivity contribution in [2.75, 3.05) is 6.54 Å². The molecule has 7 heteroatoms. The van der Waals surface area contributed by atoms with Crippen LogP contribution in [0.1, 0.15) is 53.4 Å². The average molecular weight is 437 g/mol. The van der Waals surface area contributed by atoms with Gasteiger partial charge in [0.1, 0.15) is 5.60 Å². The standard InChI is InChI=1S/C25H28N2O5/c1-25(2,3)32-24(31)26-12-11-20-18(15-26)9-6-10-21(20)22(28)27(23(29)30)19-13-16-7-4-5-8-17(16)14-19/h4-10,19H,11-15H2,1-3H3,(H,29,30). The van der Waals surface area contributed by atoms with E-state index < -0.39 is 29.7 Å². The maximum Gasteiger partial charge on any atom is 0.414 e. The van der Waals surface area contributed by atoms with Gasteiger partial charge in [0.15, 0.2) is 0 Å². The van der Waals surface area contributed by atoms with Crippen molar-refractivity contribution < 1.29 is 24.2 Å².